The Morgan fingerprint density at radius 3 is 2.44 bits per heavy atom. The third-order valence-electron chi connectivity index (χ3n) is 3.81. The maximum Gasteiger partial charge on any atom is 0.277 e. The predicted molar refractivity (Wildman–Crippen MR) is 98.6 cm³/mol. The number of carbonyl (C=O) groups excluding carboxylic acids is 2. The molecule has 2 N–H and O–H groups in total. The first-order valence-electron chi connectivity index (χ1n) is 8.44. The Balaban J connectivity index is 1.78. The Morgan fingerprint density at radius 1 is 1.11 bits per heavy atom. The van der Waals surface area contributed by atoms with Crippen LogP contribution in [-0.4, -0.2) is 31.4 Å². The number of halogens is 1. The van der Waals surface area contributed by atoms with E-state index < -0.39 is 11.8 Å². The number of amides is 2. The number of carbonyl (C=O) groups is 2. The monoisotopic (exact) mass is 390 g/mol. The molecule has 3 aromatic rings. The normalized spacial score (nSPS) is 10.8. The van der Waals surface area contributed by atoms with Crippen molar-refractivity contribution >= 4 is 29.1 Å². The minimum Gasteiger partial charge on any atom is -0.467 e. The molecule has 3 aromatic heterocycles. The van der Waals surface area contributed by atoms with Gasteiger partial charge in [-0.2, -0.15) is 10.2 Å². The van der Waals surface area contributed by atoms with Crippen molar-refractivity contribution in [3.8, 4) is 0 Å². The lowest BCUT2D eigenvalue weighted by Crippen LogP contribution is -2.25. The molecule has 0 aliphatic carbocycles. The third kappa shape index (κ3) is 4.20. The molecule has 2 amide bonds. The van der Waals surface area contributed by atoms with Gasteiger partial charge in [0, 0.05) is 25.5 Å². The van der Waals surface area contributed by atoms with Gasteiger partial charge in [-0.05, 0) is 26.0 Å². The van der Waals surface area contributed by atoms with Gasteiger partial charge in [0.05, 0.1) is 23.5 Å². The summed E-state index contributed by atoms with van der Waals surface area (Å²) in [5, 5.41) is 14.0. The fraction of sp³-hybridized carbons (Fsp3) is 0.294. The number of anilines is 1. The summed E-state index contributed by atoms with van der Waals surface area (Å²) in [6.45, 7) is 5.10. The maximum atomic E-state index is 12.5. The highest BCUT2D eigenvalue weighted by molar-refractivity contribution is 6.34. The van der Waals surface area contributed by atoms with Crippen LogP contribution in [0.3, 0.4) is 0 Å². The molecule has 27 heavy (non-hydrogen) atoms. The molecule has 9 nitrogen and oxygen atoms in total. The van der Waals surface area contributed by atoms with Gasteiger partial charge in [-0.25, -0.2) is 0 Å². The van der Waals surface area contributed by atoms with Gasteiger partial charge in [-0.1, -0.05) is 11.6 Å². The Bertz CT molecular complexity index is 944. The zero-order valence-electron chi connectivity index (χ0n) is 14.9. The second-order valence-corrected chi connectivity index (χ2v) is 6.05. The van der Waals surface area contributed by atoms with Gasteiger partial charge in [0.1, 0.15) is 5.76 Å². The first-order chi connectivity index (χ1) is 13.0. The number of nitrogens with zero attached hydrogens (tertiary/aromatic N) is 4. The fourth-order valence-corrected chi connectivity index (χ4v) is 2.64. The summed E-state index contributed by atoms with van der Waals surface area (Å²) < 4.78 is 8.31. The number of hydrogen-bond acceptors (Lipinski definition) is 5. The highest BCUT2D eigenvalue weighted by Gasteiger charge is 2.22. The second-order valence-electron chi connectivity index (χ2n) is 5.64. The number of aromatic nitrogens is 4. The van der Waals surface area contributed by atoms with E-state index in [1.807, 2.05) is 13.8 Å². The summed E-state index contributed by atoms with van der Waals surface area (Å²) in [5.74, 6) is -0.331. The molecule has 0 aliphatic heterocycles. The first kappa shape index (κ1) is 18.7. The molecule has 0 radical (unpaired) electrons. The number of aryl methyl sites for hydroxylation is 2. The highest BCUT2D eigenvalue weighted by atomic mass is 35.5. The van der Waals surface area contributed by atoms with Crippen molar-refractivity contribution in [3.05, 3.63) is 53.0 Å². The molecule has 0 atom stereocenters. The Hall–Kier alpha value is -3.07. The third-order valence-corrected chi connectivity index (χ3v) is 4.08. The van der Waals surface area contributed by atoms with Gasteiger partial charge in [-0.15, -0.1) is 0 Å². The van der Waals surface area contributed by atoms with Gasteiger partial charge >= 0.3 is 0 Å². The smallest absolute Gasteiger partial charge is 0.277 e. The van der Waals surface area contributed by atoms with Crippen LogP contribution >= 0.6 is 11.6 Å². The lowest BCUT2D eigenvalue weighted by Gasteiger charge is -2.05. The average molecular weight is 391 g/mol. The average Bonchev–Trinajstić information content (AvgIpc) is 3.39. The molecule has 0 aliphatic rings. The van der Waals surface area contributed by atoms with E-state index in [1.165, 1.54) is 6.26 Å². The molecule has 0 fully saturated rings. The molecule has 0 bridgehead atoms. The topological polar surface area (TPSA) is 107 Å². The van der Waals surface area contributed by atoms with Crippen molar-refractivity contribution in [1.29, 1.82) is 0 Å². The van der Waals surface area contributed by atoms with Crippen LogP contribution in [0, 0.1) is 0 Å². The largest absolute Gasteiger partial charge is 0.467 e. The molecule has 3 heterocycles. The van der Waals surface area contributed by atoms with Crippen LogP contribution < -0.4 is 10.6 Å². The summed E-state index contributed by atoms with van der Waals surface area (Å²) in [4.78, 5) is 25.0. The molecule has 142 valence electrons. The van der Waals surface area contributed by atoms with E-state index in [9.17, 15) is 9.59 Å². The zero-order chi connectivity index (χ0) is 19.4. The molecule has 10 heteroatoms. The van der Waals surface area contributed by atoms with E-state index >= 15 is 0 Å². The summed E-state index contributed by atoms with van der Waals surface area (Å²) in [7, 11) is 0. The van der Waals surface area contributed by atoms with Gasteiger partial charge in [-0.3, -0.25) is 19.0 Å². The summed E-state index contributed by atoms with van der Waals surface area (Å²) in [6, 6.07) is 3.48. The van der Waals surface area contributed by atoms with Gasteiger partial charge < -0.3 is 15.1 Å². The van der Waals surface area contributed by atoms with E-state index in [2.05, 4.69) is 20.8 Å². The lowest BCUT2D eigenvalue weighted by atomic mass is 10.3. The quantitative estimate of drug-likeness (QED) is 0.644. The van der Waals surface area contributed by atoms with Gasteiger partial charge in [0.25, 0.3) is 11.8 Å². The Kier molecular flexibility index (Phi) is 5.60. The zero-order valence-corrected chi connectivity index (χ0v) is 15.7. The molecule has 0 saturated carbocycles. The van der Waals surface area contributed by atoms with Crippen LogP contribution in [0.5, 0.6) is 0 Å². The standard InChI is InChI=1S/C17H19ClN6O3/c1-3-23-9-12(18)14(21-23)17(26)20-13-10-24(4-2)22-15(13)16(25)19-8-11-6-5-7-27-11/h5-7,9-10H,3-4,8H2,1-2H3,(H,19,25)(H,20,26). The predicted octanol–water partition coefficient (Wildman–Crippen LogP) is 2.55. The Morgan fingerprint density at radius 2 is 1.81 bits per heavy atom. The van der Waals surface area contributed by atoms with Crippen molar-refractivity contribution in [2.24, 2.45) is 0 Å². The van der Waals surface area contributed by atoms with E-state index in [0.29, 0.717) is 18.8 Å². The van der Waals surface area contributed by atoms with Crippen LogP contribution in [0.4, 0.5) is 5.69 Å². The Labute approximate surface area is 160 Å². The van der Waals surface area contributed by atoms with E-state index in [1.54, 1.807) is 33.9 Å². The van der Waals surface area contributed by atoms with Crippen molar-refractivity contribution in [2.45, 2.75) is 33.5 Å². The fourth-order valence-electron chi connectivity index (χ4n) is 2.40. The summed E-state index contributed by atoms with van der Waals surface area (Å²) in [6.07, 6.45) is 4.69. The van der Waals surface area contributed by atoms with Crippen LogP contribution in [0.1, 0.15) is 40.6 Å². The molecule has 3 rings (SSSR count). The molecule has 0 saturated heterocycles. The molecule has 0 unspecified atom stereocenters. The van der Waals surface area contributed by atoms with Crippen molar-refractivity contribution in [2.75, 3.05) is 5.32 Å². The van der Waals surface area contributed by atoms with Crippen LogP contribution in [0.2, 0.25) is 5.02 Å². The first-order valence-corrected chi connectivity index (χ1v) is 8.82. The number of furan rings is 1. The van der Waals surface area contributed by atoms with Crippen molar-refractivity contribution in [3.63, 3.8) is 0 Å². The van der Waals surface area contributed by atoms with E-state index in [4.69, 9.17) is 16.0 Å². The summed E-state index contributed by atoms with van der Waals surface area (Å²) >= 11 is 6.07. The summed E-state index contributed by atoms with van der Waals surface area (Å²) in [5.41, 5.74) is 0.466. The van der Waals surface area contributed by atoms with Crippen molar-refractivity contribution < 1.29 is 14.0 Å². The SMILES string of the molecule is CCn1cc(Cl)c(C(=O)Nc2cn(CC)nc2C(=O)NCc2ccco2)n1. The minimum atomic E-state index is -0.511. The number of nitrogens with one attached hydrogen (secondary N) is 2. The minimum absolute atomic E-state index is 0.0877. The van der Waals surface area contributed by atoms with E-state index in [0.717, 1.165) is 0 Å². The number of rotatable bonds is 7. The van der Waals surface area contributed by atoms with Crippen LogP contribution in [0.15, 0.2) is 35.2 Å². The van der Waals surface area contributed by atoms with Crippen LogP contribution in [-0.2, 0) is 19.6 Å². The maximum absolute atomic E-state index is 12.5. The lowest BCUT2D eigenvalue weighted by molar-refractivity contribution is 0.0943. The highest BCUT2D eigenvalue weighted by Crippen LogP contribution is 2.19. The molecular formula is C17H19ClN6O3. The molecule has 0 aromatic carbocycles. The number of hydrogen-bond donors (Lipinski definition) is 2. The molecule has 0 spiro atoms. The van der Waals surface area contributed by atoms with E-state index in [-0.39, 0.29) is 28.6 Å². The molecular weight excluding hydrogens is 372 g/mol. The van der Waals surface area contributed by atoms with Gasteiger partial charge in [0.15, 0.2) is 11.4 Å². The van der Waals surface area contributed by atoms with Gasteiger partial charge in [0.2, 0.25) is 0 Å². The second kappa shape index (κ2) is 8.09. The van der Waals surface area contributed by atoms with Crippen molar-refractivity contribution in [1.82, 2.24) is 24.9 Å². The van der Waals surface area contributed by atoms with Crippen LogP contribution in [0.25, 0.3) is 0 Å².